The van der Waals surface area contributed by atoms with Gasteiger partial charge in [0, 0.05) is 0 Å². The summed E-state index contributed by atoms with van der Waals surface area (Å²) in [5.41, 5.74) is 1.39. The Balaban J connectivity index is 2.20. The van der Waals surface area contributed by atoms with Gasteiger partial charge >= 0.3 is 0 Å². The zero-order valence-corrected chi connectivity index (χ0v) is 13.0. The highest BCUT2D eigenvalue weighted by Crippen LogP contribution is 2.12. The van der Waals surface area contributed by atoms with Gasteiger partial charge in [-0.05, 0) is 32.3 Å². The molecule has 0 radical (unpaired) electrons. The van der Waals surface area contributed by atoms with Crippen molar-refractivity contribution in [3.63, 3.8) is 0 Å². The highest BCUT2D eigenvalue weighted by molar-refractivity contribution is 5.18. The van der Waals surface area contributed by atoms with Crippen LogP contribution in [0.15, 0.2) is 42.7 Å². The highest BCUT2D eigenvalue weighted by Gasteiger charge is 2.19. The number of hydrogen-bond acceptors (Lipinski definition) is 0. The van der Waals surface area contributed by atoms with E-state index in [1.165, 1.54) is 30.7 Å². The fraction of sp³-hybridized carbons (Fsp3) is 0.500. The molecule has 0 saturated heterocycles. The smallest absolute Gasteiger partial charge is 0.234 e. The molecule has 2 heteroatoms. The maximum atomic E-state index is 2.43. The maximum Gasteiger partial charge on any atom is 0.261 e. The van der Waals surface area contributed by atoms with Crippen molar-refractivity contribution in [1.82, 2.24) is 4.57 Å². The van der Waals surface area contributed by atoms with Crippen molar-refractivity contribution in [2.24, 2.45) is 0 Å². The van der Waals surface area contributed by atoms with Crippen molar-refractivity contribution >= 4 is 0 Å². The number of benzene rings is 1. The van der Waals surface area contributed by atoms with Gasteiger partial charge in [-0.2, -0.15) is 0 Å². The lowest BCUT2D eigenvalue weighted by atomic mass is 10.1. The molecule has 0 unspecified atom stereocenters. The van der Waals surface area contributed by atoms with Crippen molar-refractivity contribution in [2.45, 2.75) is 59.0 Å². The molecule has 0 bridgehead atoms. The van der Waals surface area contributed by atoms with Crippen LogP contribution in [0.25, 0.3) is 0 Å². The number of rotatable bonds is 7. The fourth-order valence-electron chi connectivity index (χ4n) is 2.65. The van der Waals surface area contributed by atoms with E-state index in [2.05, 4.69) is 72.6 Å². The summed E-state index contributed by atoms with van der Waals surface area (Å²) in [6, 6.07) is 11.3. The van der Waals surface area contributed by atoms with Crippen LogP contribution in [-0.2, 0) is 13.0 Å². The molecule has 0 fully saturated rings. The van der Waals surface area contributed by atoms with E-state index >= 15 is 0 Å². The lowest BCUT2D eigenvalue weighted by molar-refractivity contribution is -0.704. The summed E-state index contributed by atoms with van der Waals surface area (Å²) in [4.78, 5) is 0. The van der Waals surface area contributed by atoms with Gasteiger partial charge in [0.2, 0.25) is 0 Å². The first-order valence-corrected chi connectivity index (χ1v) is 7.85. The van der Waals surface area contributed by atoms with Gasteiger partial charge in [-0.3, -0.25) is 0 Å². The van der Waals surface area contributed by atoms with E-state index < -0.39 is 0 Å². The van der Waals surface area contributed by atoms with Gasteiger partial charge in [0.15, 0.2) is 0 Å². The summed E-state index contributed by atoms with van der Waals surface area (Å²) in [6.07, 6.45) is 9.34. The van der Waals surface area contributed by atoms with E-state index in [-0.39, 0.29) is 0 Å². The number of unbranched alkanes of at least 4 members (excludes halogenated alkanes) is 2. The first-order valence-electron chi connectivity index (χ1n) is 7.85. The van der Waals surface area contributed by atoms with Crippen LogP contribution in [0.2, 0.25) is 0 Å². The zero-order valence-electron chi connectivity index (χ0n) is 13.0. The number of aryl methyl sites for hydroxylation is 1. The molecule has 108 valence electrons. The minimum absolute atomic E-state index is 0.515. The van der Waals surface area contributed by atoms with Gasteiger partial charge < -0.3 is 0 Å². The molecule has 0 amide bonds. The Morgan fingerprint density at radius 1 is 1.10 bits per heavy atom. The molecule has 20 heavy (non-hydrogen) atoms. The molecule has 0 saturated carbocycles. The van der Waals surface area contributed by atoms with Crippen molar-refractivity contribution in [1.29, 1.82) is 0 Å². The molecular formula is C18H27N2+. The van der Waals surface area contributed by atoms with Crippen molar-refractivity contribution in [3.05, 3.63) is 54.1 Å². The second kappa shape index (κ2) is 7.28. The molecule has 2 nitrogen and oxygen atoms in total. The topological polar surface area (TPSA) is 8.81 Å². The Labute approximate surface area is 123 Å². The second-order valence-electron chi connectivity index (χ2n) is 5.78. The van der Waals surface area contributed by atoms with Crippen molar-refractivity contribution < 1.29 is 4.57 Å². The molecule has 2 rings (SSSR count). The van der Waals surface area contributed by atoms with Gasteiger partial charge in [-0.1, -0.05) is 43.7 Å². The average Bonchev–Trinajstić information content (AvgIpc) is 2.84. The number of imidazole rings is 1. The molecule has 0 aliphatic rings. The van der Waals surface area contributed by atoms with Crippen LogP contribution in [0.5, 0.6) is 0 Å². The van der Waals surface area contributed by atoms with Crippen LogP contribution >= 0.6 is 0 Å². The fourth-order valence-corrected chi connectivity index (χ4v) is 2.65. The van der Waals surface area contributed by atoms with Crippen LogP contribution in [-0.4, -0.2) is 4.57 Å². The largest absolute Gasteiger partial charge is 0.261 e. The second-order valence-corrected chi connectivity index (χ2v) is 5.78. The lowest BCUT2D eigenvalue weighted by Crippen LogP contribution is -2.37. The summed E-state index contributed by atoms with van der Waals surface area (Å²) in [5.74, 6) is 1.42. The molecule has 0 spiro atoms. The van der Waals surface area contributed by atoms with Gasteiger partial charge in [0.1, 0.15) is 12.4 Å². The van der Waals surface area contributed by atoms with E-state index in [1.807, 2.05) is 0 Å². The monoisotopic (exact) mass is 271 g/mol. The zero-order chi connectivity index (χ0) is 14.4. The molecule has 1 heterocycles. The molecule has 0 aliphatic heterocycles. The first-order chi connectivity index (χ1) is 9.72. The quantitative estimate of drug-likeness (QED) is 0.529. The molecule has 0 atom stereocenters. The Morgan fingerprint density at radius 2 is 1.85 bits per heavy atom. The SMILES string of the molecule is CCCCC[n+]1ccn(C(C)C)c1Cc1ccccc1. The third-order valence-electron chi connectivity index (χ3n) is 3.80. The van der Waals surface area contributed by atoms with Crippen molar-refractivity contribution in [3.8, 4) is 0 Å². The summed E-state index contributed by atoms with van der Waals surface area (Å²) < 4.78 is 4.83. The minimum Gasteiger partial charge on any atom is -0.234 e. The predicted molar refractivity (Wildman–Crippen MR) is 83.8 cm³/mol. The Hall–Kier alpha value is -1.57. The lowest BCUT2D eigenvalue weighted by Gasteiger charge is -2.08. The third-order valence-corrected chi connectivity index (χ3v) is 3.80. The normalized spacial score (nSPS) is 11.2. The number of hydrogen-bond donors (Lipinski definition) is 0. The Kier molecular flexibility index (Phi) is 5.40. The van der Waals surface area contributed by atoms with Gasteiger partial charge in [0.05, 0.1) is 19.0 Å². The average molecular weight is 271 g/mol. The van der Waals surface area contributed by atoms with Gasteiger partial charge in [-0.25, -0.2) is 9.13 Å². The van der Waals surface area contributed by atoms with E-state index in [0.29, 0.717) is 6.04 Å². The van der Waals surface area contributed by atoms with E-state index in [1.54, 1.807) is 0 Å². The van der Waals surface area contributed by atoms with Crippen LogP contribution in [0.1, 0.15) is 57.5 Å². The summed E-state index contributed by atoms with van der Waals surface area (Å²) in [7, 11) is 0. The van der Waals surface area contributed by atoms with Crippen LogP contribution < -0.4 is 4.57 Å². The van der Waals surface area contributed by atoms with E-state index in [0.717, 1.165) is 13.0 Å². The third kappa shape index (κ3) is 3.72. The Bertz CT molecular complexity index is 511. The summed E-state index contributed by atoms with van der Waals surface area (Å²) in [6.45, 7) is 7.90. The molecular weight excluding hydrogens is 244 g/mol. The predicted octanol–water partition coefficient (Wildman–Crippen LogP) is 4.14. The highest BCUT2D eigenvalue weighted by atomic mass is 15.2. The number of aromatic nitrogens is 2. The van der Waals surface area contributed by atoms with E-state index in [4.69, 9.17) is 0 Å². The molecule has 0 N–H and O–H groups in total. The standard InChI is InChI=1S/C18H27N2/c1-4-5-9-12-19-13-14-20(16(2)3)18(19)15-17-10-7-6-8-11-17/h6-8,10-11,13-14,16H,4-5,9,12,15H2,1-3H3/q+1. The van der Waals surface area contributed by atoms with Gasteiger partial charge in [0.25, 0.3) is 5.82 Å². The summed E-state index contributed by atoms with van der Waals surface area (Å²) in [5, 5.41) is 0. The van der Waals surface area contributed by atoms with Crippen LogP contribution in [0, 0.1) is 0 Å². The first kappa shape index (κ1) is 14.8. The molecule has 1 aromatic carbocycles. The van der Waals surface area contributed by atoms with E-state index in [9.17, 15) is 0 Å². The van der Waals surface area contributed by atoms with Crippen molar-refractivity contribution in [2.75, 3.05) is 0 Å². The minimum atomic E-state index is 0.515. The Morgan fingerprint density at radius 3 is 2.50 bits per heavy atom. The molecule has 0 aliphatic carbocycles. The van der Waals surface area contributed by atoms with Crippen LogP contribution in [0.3, 0.4) is 0 Å². The maximum absolute atomic E-state index is 2.43. The molecule has 2 aromatic rings. The summed E-state index contributed by atoms with van der Waals surface area (Å²) >= 11 is 0. The van der Waals surface area contributed by atoms with Crippen LogP contribution in [0.4, 0.5) is 0 Å². The van der Waals surface area contributed by atoms with Gasteiger partial charge in [-0.15, -0.1) is 0 Å². The molecule has 1 aromatic heterocycles. The number of nitrogens with zero attached hydrogens (tertiary/aromatic N) is 2.